The number of fused-ring (bicyclic) bond motifs is 7. The minimum absolute atomic E-state index is 0.0240. The minimum atomic E-state index is -1.81. The van der Waals surface area contributed by atoms with Crippen LogP contribution in [0.25, 0.3) is 0 Å². The number of ketones is 1. The van der Waals surface area contributed by atoms with Crippen molar-refractivity contribution in [2.24, 2.45) is 52.3 Å². The molecule has 4 saturated heterocycles. The zero-order valence-corrected chi connectivity index (χ0v) is 44.5. The number of carbonyl (C=O) groups excluding carboxylic acids is 8. The van der Waals surface area contributed by atoms with Crippen molar-refractivity contribution in [1.29, 1.82) is 0 Å². The van der Waals surface area contributed by atoms with Gasteiger partial charge < -0.3 is 61.6 Å². The van der Waals surface area contributed by atoms with Gasteiger partial charge in [0, 0.05) is 78.6 Å². The van der Waals surface area contributed by atoms with Gasteiger partial charge in [0.1, 0.15) is 37.3 Å². The Morgan fingerprint density at radius 3 is 1.65 bits per heavy atom. The average Bonchev–Trinajstić information content (AvgIpc) is 3.76. The molecule has 0 aromatic rings. The molecule has 0 amide bonds. The predicted octanol–water partition coefficient (Wildman–Crippen LogP) is 4.62. The van der Waals surface area contributed by atoms with Gasteiger partial charge in [-0.25, -0.2) is 0 Å². The van der Waals surface area contributed by atoms with Crippen molar-refractivity contribution in [3.8, 4) is 0 Å². The molecule has 8 fully saturated rings. The molecule has 414 valence electrons. The maximum Gasteiger partial charge on any atom is 0.303 e. The normalized spacial score (nSPS) is 44.3. The highest BCUT2D eigenvalue weighted by molar-refractivity contribution is 5.87. The van der Waals surface area contributed by atoms with Crippen molar-refractivity contribution < 1.29 is 99.9 Å². The van der Waals surface area contributed by atoms with E-state index in [1.165, 1.54) is 6.92 Å². The largest absolute Gasteiger partial charge is 0.463 e. The molecule has 1 spiro atoms. The van der Waals surface area contributed by atoms with Gasteiger partial charge in [-0.05, 0) is 80.0 Å². The molecule has 4 aliphatic heterocycles. The first-order valence-electron chi connectivity index (χ1n) is 26.4. The average molecular weight is 1050 g/mol. The third-order valence-electron chi connectivity index (χ3n) is 18.0. The number of rotatable bonds is 13. The number of carbonyl (C=O) groups is 8. The van der Waals surface area contributed by atoms with Crippen LogP contribution in [0.15, 0.2) is 0 Å². The summed E-state index contributed by atoms with van der Waals surface area (Å²) in [6.45, 7) is 16.3. The monoisotopic (exact) mass is 1050 g/mol. The molecule has 0 aromatic carbocycles. The second-order valence-electron chi connectivity index (χ2n) is 22.7. The highest BCUT2D eigenvalue weighted by Crippen LogP contribution is 2.70. The first-order valence-corrected chi connectivity index (χ1v) is 26.4. The van der Waals surface area contributed by atoms with Crippen LogP contribution in [0.4, 0.5) is 0 Å². The Hall–Kier alpha value is -4.28. The van der Waals surface area contributed by atoms with E-state index in [1.807, 2.05) is 0 Å². The maximum atomic E-state index is 14.8. The van der Waals surface area contributed by atoms with E-state index >= 15 is 0 Å². The van der Waals surface area contributed by atoms with Crippen LogP contribution < -0.4 is 0 Å². The molecule has 4 heterocycles. The summed E-state index contributed by atoms with van der Waals surface area (Å²) >= 11 is 0. The first-order chi connectivity index (χ1) is 34.8. The van der Waals surface area contributed by atoms with Crippen LogP contribution in [0, 0.1) is 52.3 Å². The fourth-order valence-corrected chi connectivity index (χ4v) is 14.8. The lowest BCUT2D eigenvalue weighted by atomic mass is 9.44. The van der Waals surface area contributed by atoms with E-state index in [-0.39, 0.29) is 41.1 Å². The van der Waals surface area contributed by atoms with Gasteiger partial charge in [-0.1, -0.05) is 27.7 Å². The first kappa shape index (κ1) is 55.9. The van der Waals surface area contributed by atoms with E-state index in [0.29, 0.717) is 43.5 Å². The highest BCUT2D eigenvalue weighted by atomic mass is 16.8. The number of Topliss-reactive ketones (excluding diaryl/α,β-unsaturated/α-hetero) is 1. The fraction of sp³-hybridized carbons (Fsp3) is 0.849. The third kappa shape index (κ3) is 11.0. The molecule has 21 heteroatoms. The standard InChI is InChI=1S/C53H76O21/c1-24-14-17-53(64-21-24)25(2)42-38(74-53)19-37-35-13-12-33-18-34(15-16-51(33,10)36(35)20-41(61)52(37,42)11)70-49-47(68-31(8)59)46(67-30(7)58)44(40(71-49)23-63-27(4)55)73-50-48(69-32(9)60)45(66-29(6)57)43(65-28(5)56)39(72-50)22-62-26(3)54/h24-25,33-40,42-50H,12-23H2,1-11H3/t24-,25?,33?,34+,35-,36+,37+,38?,39-,40-,42?,43-,44-,45+,46+,47-,48-,49-,50+,51+,52-,53-/m1/s1. The van der Waals surface area contributed by atoms with Gasteiger partial charge in [-0.15, -0.1) is 0 Å². The van der Waals surface area contributed by atoms with Gasteiger partial charge in [0.15, 0.2) is 48.9 Å². The molecule has 8 rings (SSSR count). The highest BCUT2D eigenvalue weighted by Gasteiger charge is 2.72. The fourth-order valence-electron chi connectivity index (χ4n) is 14.8. The molecule has 22 atom stereocenters. The Balaban J connectivity index is 1.04. The second kappa shape index (κ2) is 22.0. The smallest absolute Gasteiger partial charge is 0.303 e. The van der Waals surface area contributed by atoms with Gasteiger partial charge in [0.2, 0.25) is 0 Å². The Bertz CT molecular complexity index is 2160. The molecule has 8 aliphatic rings. The van der Waals surface area contributed by atoms with Gasteiger partial charge in [-0.2, -0.15) is 0 Å². The van der Waals surface area contributed by atoms with Crippen molar-refractivity contribution in [3.63, 3.8) is 0 Å². The van der Waals surface area contributed by atoms with E-state index < -0.39 is 134 Å². The lowest BCUT2D eigenvalue weighted by molar-refractivity contribution is -0.365. The molecule has 4 aliphatic carbocycles. The molecular formula is C53H76O21. The summed E-state index contributed by atoms with van der Waals surface area (Å²) in [6.07, 6.45) is -9.10. The Morgan fingerprint density at radius 2 is 1.11 bits per heavy atom. The lowest BCUT2D eigenvalue weighted by Gasteiger charge is -2.60. The van der Waals surface area contributed by atoms with E-state index in [0.717, 1.165) is 80.1 Å². The summed E-state index contributed by atoms with van der Waals surface area (Å²) in [5.74, 6) is -4.49. The second-order valence-corrected chi connectivity index (χ2v) is 22.7. The predicted molar refractivity (Wildman–Crippen MR) is 250 cm³/mol. The molecule has 0 aromatic heterocycles. The number of hydrogen-bond donors (Lipinski definition) is 0. The van der Waals surface area contributed by atoms with Crippen LogP contribution in [0.5, 0.6) is 0 Å². The van der Waals surface area contributed by atoms with Crippen molar-refractivity contribution in [2.75, 3.05) is 19.8 Å². The lowest BCUT2D eigenvalue weighted by Crippen LogP contribution is -2.67. The van der Waals surface area contributed by atoms with Gasteiger partial charge >= 0.3 is 41.8 Å². The van der Waals surface area contributed by atoms with E-state index in [9.17, 15) is 38.4 Å². The minimum Gasteiger partial charge on any atom is -0.463 e. The summed E-state index contributed by atoms with van der Waals surface area (Å²) in [4.78, 5) is 103. The molecular weight excluding hydrogens is 973 g/mol. The van der Waals surface area contributed by atoms with E-state index in [1.54, 1.807) is 0 Å². The number of hydrogen-bond acceptors (Lipinski definition) is 21. The van der Waals surface area contributed by atoms with Crippen molar-refractivity contribution in [1.82, 2.24) is 0 Å². The maximum absolute atomic E-state index is 14.8. The van der Waals surface area contributed by atoms with Gasteiger partial charge in [0.25, 0.3) is 0 Å². The Labute approximate surface area is 431 Å². The summed E-state index contributed by atoms with van der Waals surface area (Å²) < 4.78 is 78.8. The molecule has 21 nitrogen and oxygen atoms in total. The summed E-state index contributed by atoms with van der Waals surface area (Å²) in [6, 6.07) is 0. The van der Waals surface area contributed by atoms with Gasteiger partial charge in [-0.3, -0.25) is 38.4 Å². The molecule has 0 radical (unpaired) electrons. The number of ether oxygens (including phenoxy) is 13. The molecule has 4 saturated carbocycles. The molecule has 0 N–H and O–H groups in total. The van der Waals surface area contributed by atoms with Crippen LogP contribution in [-0.4, -0.2) is 147 Å². The summed E-state index contributed by atoms with van der Waals surface area (Å²) in [5.41, 5.74) is -0.679. The van der Waals surface area contributed by atoms with Crippen LogP contribution in [-0.2, 0) is 99.9 Å². The third-order valence-corrected chi connectivity index (χ3v) is 18.0. The zero-order valence-electron chi connectivity index (χ0n) is 44.5. The quantitative estimate of drug-likeness (QED) is 0.139. The SMILES string of the molecule is CC(=O)OC[C@H]1O[C@@H](O[C@H]2[C@H](OC(C)=O)[C@@H](OC(C)=O)[C@H](O[C@H]3CC[C@@]4(C)C(CC[C@@H]5[C@@H]4CC(=O)[C@]4(C)C6C(C[C@@H]54)O[C@]4(CC[C@@H](C)CO4)C6C)C3)O[C@@H]2COC(C)=O)[C@H](OC(C)=O)[C@@H](OC(C)=O)[C@@H]1OC(C)=O. The van der Waals surface area contributed by atoms with Crippen LogP contribution >= 0.6 is 0 Å². The Kier molecular flexibility index (Phi) is 16.6. The van der Waals surface area contributed by atoms with Crippen molar-refractivity contribution >= 4 is 47.6 Å². The van der Waals surface area contributed by atoms with Crippen molar-refractivity contribution in [3.05, 3.63) is 0 Å². The summed E-state index contributed by atoms with van der Waals surface area (Å²) in [7, 11) is 0. The van der Waals surface area contributed by atoms with Crippen LogP contribution in [0.1, 0.15) is 134 Å². The molecule has 0 bridgehead atoms. The topological polar surface area (TPSA) is 257 Å². The van der Waals surface area contributed by atoms with Crippen LogP contribution in [0.2, 0.25) is 0 Å². The van der Waals surface area contributed by atoms with E-state index in [4.69, 9.17) is 61.6 Å². The molecule has 4 unspecified atom stereocenters. The van der Waals surface area contributed by atoms with Gasteiger partial charge in [0.05, 0.1) is 18.8 Å². The number of esters is 7. The van der Waals surface area contributed by atoms with Crippen LogP contribution in [0.3, 0.4) is 0 Å². The van der Waals surface area contributed by atoms with Crippen molar-refractivity contribution in [2.45, 2.75) is 213 Å². The molecule has 74 heavy (non-hydrogen) atoms. The Morgan fingerprint density at radius 1 is 0.581 bits per heavy atom. The zero-order chi connectivity index (χ0) is 53.8. The van der Waals surface area contributed by atoms with E-state index in [2.05, 4.69) is 27.7 Å². The summed E-state index contributed by atoms with van der Waals surface area (Å²) in [5, 5.41) is 0.